The van der Waals surface area contributed by atoms with Crippen LogP contribution in [-0.2, 0) is 0 Å². The van der Waals surface area contributed by atoms with E-state index < -0.39 is 0 Å². The molecule has 18 heavy (non-hydrogen) atoms. The van der Waals surface area contributed by atoms with Crippen molar-refractivity contribution in [1.29, 1.82) is 0 Å². The van der Waals surface area contributed by atoms with E-state index in [-0.39, 0.29) is 0 Å². The molecule has 0 radical (unpaired) electrons. The molecule has 0 spiro atoms. The summed E-state index contributed by atoms with van der Waals surface area (Å²) in [5.41, 5.74) is 0.520. The van der Waals surface area contributed by atoms with Gasteiger partial charge < -0.3 is 4.74 Å². The second-order valence-corrected chi connectivity index (χ2v) is 5.07. The predicted molar refractivity (Wildman–Crippen MR) is 74.0 cm³/mol. The average molecular weight is 279 g/mol. The lowest BCUT2D eigenvalue weighted by Gasteiger charge is -2.07. The van der Waals surface area contributed by atoms with Gasteiger partial charge in [0.1, 0.15) is 5.75 Å². The fraction of sp³-hybridized carbons (Fsp3) is 0.0714. The van der Waals surface area contributed by atoms with Crippen molar-refractivity contribution in [2.24, 2.45) is 0 Å². The molecule has 0 saturated heterocycles. The molecule has 92 valence electrons. The maximum atomic E-state index is 11.0. The zero-order valence-corrected chi connectivity index (χ0v) is 11.3. The van der Waals surface area contributed by atoms with Crippen LogP contribution in [0.25, 0.3) is 0 Å². The number of carbonyl (C=O) groups excluding carboxylic acids is 1. The predicted octanol–water partition coefficient (Wildman–Crippen LogP) is 4.31. The van der Waals surface area contributed by atoms with Crippen LogP contribution in [0.4, 0.5) is 0 Å². The van der Waals surface area contributed by atoms with Gasteiger partial charge in [-0.3, -0.25) is 4.79 Å². The van der Waals surface area contributed by atoms with Crippen molar-refractivity contribution in [3.05, 3.63) is 53.1 Å². The van der Waals surface area contributed by atoms with Crippen LogP contribution in [0.5, 0.6) is 5.75 Å². The number of hydrogen-bond acceptors (Lipinski definition) is 3. The van der Waals surface area contributed by atoms with Crippen molar-refractivity contribution in [2.45, 2.75) is 9.79 Å². The third kappa shape index (κ3) is 2.86. The Hall–Kier alpha value is -1.45. The van der Waals surface area contributed by atoms with Gasteiger partial charge in [-0.1, -0.05) is 35.5 Å². The van der Waals surface area contributed by atoms with Gasteiger partial charge in [-0.15, -0.1) is 0 Å². The molecule has 0 N–H and O–H groups in total. The highest BCUT2D eigenvalue weighted by Crippen LogP contribution is 2.34. The second kappa shape index (κ2) is 5.94. The van der Waals surface area contributed by atoms with E-state index in [2.05, 4.69) is 0 Å². The number of ether oxygens (including phenoxy) is 1. The maximum absolute atomic E-state index is 11.0. The molecule has 0 fully saturated rings. The number of rotatable bonds is 4. The van der Waals surface area contributed by atoms with Crippen LogP contribution in [0, 0.1) is 0 Å². The van der Waals surface area contributed by atoms with E-state index >= 15 is 0 Å². The van der Waals surface area contributed by atoms with E-state index in [1.54, 1.807) is 13.2 Å². The lowest BCUT2D eigenvalue weighted by molar-refractivity contribution is 0.112. The topological polar surface area (TPSA) is 26.3 Å². The Labute approximate surface area is 115 Å². The minimum Gasteiger partial charge on any atom is -0.497 e. The van der Waals surface area contributed by atoms with Gasteiger partial charge in [-0.2, -0.15) is 0 Å². The smallest absolute Gasteiger partial charge is 0.152 e. The van der Waals surface area contributed by atoms with Gasteiger partial charge >= 0.3 is 0 Å². The third-order valence-corrected chi connectivity index (χ3v) is 3.79. The Balaban J connectivity index is 2.33. The maximum Gasteiger partial charge on any atom is 0.152 e. The molecule has 0 aromatic heterocycles. The molecule has 0 aliphatic rings. The summed E-state index contributed by atoms with van der Waals surface area (Å²) in [5, 5.41) is 0.470. The quantitative estimate of drug-likeness (QED) is 0.780. The summed E-state index contributed by atoms with van der Waals surface area (Å²) >= 11 is 7.47. The molecule has 0 amide bonds. The van der Waals surface area contributed by atoms with E-state index in [4.69, 9.17) is 16.3 Å². The van der Waals surface area contributed by atoms with Gasteiger partial charge in [-0.25, -0.2) is 0 Å². The summed E-state index contributed by atoms with van der Waals surface area (Å²) in [7, 11) is 1.63. The van der Waals surface area contributed by atoms with Gasteiger partial charge in [-0.05, 0) is 30.3 Å². The monoisotopic (exact) mass is 278 g/mol. The third-order valence-electron chi connectivity index (χ3n) is 2.40. The fourth-order valence-corrected chi connectivity index (χ4v) is 2.78. The van der Waals surface area contributed by atoms with Crippen molar-refractivity contribution < 1.29 is 9.53 Å². The highest BCUT2D eigenvalue weighted by molar-refractivity contribution is 7.99. The number of hydrogen-bond donors (Lipinski definition) is 0. The van der Waals surface area contributed by atoms with Crippen molar-refractivity contribution in [3.8, 4) is 5.75 Å². The summed E-state index contributed by atoms with van der Waals surface area (Å²) in [4.78, 5) is 12.9. The summed E-state index contributed by atoms with van der Waals surface area (Å²) in [6.45, 7) is 0. The molecule has 2 aromatic carbocycles. The van der Waals surface area contributed by atoms with E-state index in [1.807, 2.05) is 36.4 Å². The molecule has 0 aliphatic heterocycles. The average Bonchev–Trinajstić information content (AvgIpc) is 2.39. The molecule has 2 rings (SSSR count). The Morgan fingerprint density at radius 2 is 2.00 bits per heavy atom. The second-order valence-electron chi connectivity index (χ2n) is 3.55. The van der Waals surface area contributed by atoms with Crippen LogP contribution in [0.1, 0.15) is 10.4 Å². The first-order valence-electron chi connectivity index (χ1n) is 5.30. The van der Waals surface area contributed by atoms with Crippen molar-refractivity contribution >= 4 is 29.6 Å². The van der Waals surface area contributed by atoms with Gasteiger partial charge in [0.25, 0.3) is 0 Å². The molecule has 2 aromatic rings. The summed E-state index contributed by atoms with van der Waals surface area (Å²) in [5.74, 6) is 0.787. The Kier molecular flexibility index (Phi) is 4.28. The van der Waals surface area contributed by atoms with Crippen LogP contribution in [-0.4, -0.2) is 13.4 Å². The van der Waals surface area contributed by atoms with E-state index in [0.717, 1.165) is 21.8 Å². The Morgan fingerprint density at radius 1 is 1.22 bits per heavy atom. The number of methoxy groups -OCH3 is 1. The normalized spacial score (nSPS) is 10.1. The zero-order valence-electron chi connectivity index (χ0n) is 9.72. The van der Waals surface area contributed by atoms with Gasteiger partial charge in [0.2, 0.25) is 0 Å². The van der Waals surface area contributed by atoms with Gasteiger partial charge in [0.05, 0.1) is 12.1 Å². The molecule has 0 heterocycles. The van der Waals surface area contributed by atoms with Crippen molar-refractivity contribution in [2.75, 3.05) is 7.11 Å². The van der Waals surface area contributed by atoms with E-state index in [0.29, 0.717) is 10.6 Å². The molecule has 2 nitrogen and oxygen atoms in total. The fourth-order valence-electron chi connectivity index (χ4n) is 1.51. The molecular weight excluding hydrogens is 268 g/mol. The first-order valence-corrected chi connectivity index (χ1v) is 6.49. The zero-order chi connectivity index (χ0) is 13.0. The summed E-state index contributed by atoms with van der Waals surface area (Å²) < 4.78 is 5.16. The van der Waals surface area contributed by atoms with Crippen molar-refractivity contribution in [3.63, 3.8) is 0 Å². The van der Waals surface area contributed by atoms with Crippen LogP contribution >= 0.6 is 23.4 Å². The number of benzene rings is 2. The first kappa shape index (κ1) is 13.0. The van der Waals surface area contributed by atoms with Crippen LogP contribution < -0.4 is 4.74 Å². The molecule has 4 heteroatoms. The SMILES string of the molecule is COc1cccc(Sc2cccc(Cl)c2C=O)c1. The molecular formula is C14H11ClO2S. The molecule has 0 unspecified atom stereocenters. The standard InChI is InChI=1S/C14H11ClO2S/c1-17-10-4-2-5-11(8-10)18-14-7-3-6-13(15)12(14)9-16/h2-9H,1H3. The Bertz CT molecular complexity index is 569. The van der Waals surface area contributed by atoms with E-state index in [1.165, 1.54) is 11.8 Å². The van der Waals surface area contributed by atoms with Crippen LogP contribution in [0.2, 0.25) is 5.02 Å². The number of carbonyl (C=O) groups is 1. The lowest BCUT2D eigenvalue weighted by Crippen LogP contribution is -1.87. The minimum absolute atomic E-state index is 0.470. The first-order chi connectivity index (χ1) is 8.74. The van der Waals surface area contributed by atoms with Crippen LogP contribution in [0.3, 0.4) is 0 Å². The molecule has 0 atom stereocenters. The molecule has 0 saturated carbocycles. The van der Waals surface area contributed by atoms with Crippen LogP contribution in [0.15, 0.2) is 52.3 Å². The molecule has 0 aliphatic carbocycles. The van der Waals surface area contributed by atoms with E-state index in [9.17, 15) is 4.79 Å². The van der Waals surface area contributed by atoms with Gasteiger partial charge in [0.15, 0.2) is 6.29 Å². The van der Waals surface area contributed by atoms with Crippen molar-refractivity contribution in [1.82, 2.24) is 0 Å². The summed E-state index contributed by atoms with van der Waals surface area (Å²) in [6.07, 6.45) is 0.783. The number of halogens is 1. The molecule has 0 bridgehead atoms. The minimum atomic E-state index is 0.470. The highest BCUT2D eigenvalue weighted by atomic mass is 35.5. The largest absolute Gasteiger partial charge is 0.497 e. The van der Waals surface area contributed by atoms with Gasteiger partial charge in [0, 0.05) is 15.4 Å². The number of aldehydes is 1. The summed E-state index contributed by atoms with van der Waals surface area (Å²) in [6, 6.07) is 13.1. The lowest BCUT2D eigenvalue weighted by atomic mass is 10.2. The Morgan fingerprint density at radius 3 is 2.72 bits per heavy atom. The highest BCUT2D eigenvalue weighted by Gasteiger charge is 2.07.